The molecule has 1 aliphatic heterocycles. The Balaban J connectivity index is 0.00000116. The van der Waals surface area contributed by atoms with Gasteiger partial charge < -0.3 is 4.90 Å². The molecular formula is C14H15F6NO. The van der Waals surface area contributed by atoms with Gasteiger partial charge in [0.25, 0.3) is 0 Å². The molecule has 1 aromatic rings. The van der Waals surface area contributed by atoms with Crippen molar-refractivity contribution in [3.05, 3.63) is 34.9 Å². The van der Waals surface area contributed by atoms with Gasteiger partial charge in [0, 0.05) is 13.1 Å². The summed E-state index contributed by atoms with van der Waals surface area (Å²) in [5.41, 5.74) is -0.301. The number of fused-ring (bicyclic) bond motifs is 1. The van der Waals surface area contributed by atoms with E-state index in [1.807, 2.05) is 13.8 Å². The van der Waals surface area contributed by atoms with Gasteiger partial charge in [-0.2, -0.15) is 26.3 Å². The number of halogens is 6. The van der Waals surface area contributed by atoms with E-state index in [1.165, 1.54) is 6.07 Å². The standard InChI is InChI=1S/C12H9F6NO.C2H6/c13-11(14,15)9-2-1-7-3-4-19(6-8(7)5-9)10(20)12(16,17)18;1-2/h1-2,5H,3-4,6H2;1-2H3. The van der Waals surface area contributed by atoms with Crippen molar-refractivity contribution in [2.75, 3.05) is 6.54 Å². The van der Waals surface area contributed by atoms with E-state index < -0.39 is 30.4 Å². The summed E-state index contributed by atoms with van der Waals surface area (Å²) in [6.45, 7) is 3.38. The van der Waals surface area contributed by atoms with Crippen LogP contribution in [0.5, 0.6) is 0 Å². The highest BCUT2D eigenvalue weighted by atomic mass is 19.4. The lowest BCUT2D eigenvalue weighted by atomic mass is 9.97. The molecule has 124 valence electrons. The maximum absolute atomic E-state index is 12.5. The van der Waals surface area contributed by atoms with Crippen LogP contribution in [0.25, 0.3) is 0 Å². The van der Waals surface area contributed by atoms with Crippen molar-refractivity contribution in [1.29, 1.82) is 0 Å². The number of hydrogen-bond donors (Lipinski definition) is 0. The maximum atomic E-state index is 12.5. The maximum Gasteiger partial charge on any atom is 0.471 e. The van der Waals surface area contributed by atoms with Crippen LogP contribution in [0, 0.1) is 0 Å². The second-order valence-corrected chi connectivity index (χ2v) is 4.46. The summed E-state index contributed by atoms with van der Waals surface area (Å²) in [6, 6.07) is 2.93. The number of carbonyl (C=O) groups is 1. The highest BCUT2D eigenvalue weighted by molar-refractivity contribution is 5.82. The van der Waals surface area contributed by atoms with E-state index in [0.29, 0.717) is 10.5 Å². The topological polar surface area (TPSA) is 20.3 Å². The summed E-state index contributed by atoms with van der Waals surface area (Å²) < 4.78 is 74.5. The molecule has 1 aromatic carbocycles. The largest absolute Gasteiger partial charge is 0.471 e. The van der Waals surface area contributed by atoms with Crippen LogP contribution < -0.4 is 0 Å². The fourth-order valence-corrected chi connectivity index (χ4v) is 2.09. The first-order valence-corrected chi connectivity index (χ1v) is 6.64. The molecule has 0 bridgehead atoms. The molecular weight excluding hydrogens is 312 g/mol. The number of benzene rings is 1. The number of carbonyl (C=O) groups excluding carboxylic acids is 1. The normalized spacial score (nSPS) is 14.8. The molecule has 0 saturated heterocycles. The lowest BCUT2D eigenvalue weighted by Crippen LogP contribution is -2.43. The van der Waals surface area contributed by atoms with Gasteiger partial charge in [-0.25, -0.2) is 0 Å². The summed E-state index contributed by atoms with van der Waals surface area (Å²) in [6.07, 6.45) is -9.47. The SMILES string of the molecule is CC.O=C(N1CCc2ccc(C(F)(F)F)cc2C1)C(F)(F)F. The van der Waals surface area contributed by atoms with Crippen LogP contribution in [-0.4, -0.2) is 23.5 Å². The highest BCUT2D eigenvalue weighted by Gasteiger charge is 2.43. The first-order valence-electron chi connectivity index (χ1n) is 6.64. The Labute approximate surface area is 123 Å². The van der Waals surface area contributed by atoms with Crippen molar-refractivity contribution >= 4 is 5.91 Å². The monoisotopic (exact) mass is 327 g/mol. The Bertz CT molecular complexity index is 535. The smallest absolute Gasteiger partial charge is 0.330 e. The Morgan fingerprint density at radius 3 is 2.14 bits per heavy atom. The lowest BCUT2D eigenvalue weighted by Gasteiger charge is -2.29. The summed E-state index contributed by atoms with van der Waals surface area (Å²) in [5, 5.41) is 0. The highest BCUT2D eigenvalue weighted by Crippen LogP contribution is 2.32. The van der Waals surface area contributed by atoms with E-state index in [1.54, 1.807) is 0 Å². The summed E-state index contributed by atoms with van der Waals surface area (Å²) >= 11 is 0. The molecule has 1 aliphatic rings. The van der Waals surface area contributed by atoms with Gasteiger partial charge in [-0.15, -0.1) is 0 Å². The molecule has 2 nitrogen and oxygen atoms in total. The molecule has 0 radical (unpaired) electrons. The molecule has 8 heteroatoms. The number of amides is 1. The van der Waals surface area contributed by atoms with Gasteiger partial charge >= 0.3 is 18.3 Å². The average Bonchev–Trinajstić information content (AvgIpc) is 2.45. The zero-order valence-electron chi connectivity index (χ0n) is 12.0. The number of nitrogens with zero attached hydrogens (tertiary/aromatic N) is 1. The average molecular weight is 327 g/mol. The van der Waals surface area contributed by atoms with E-state index >= 15 is 0 Å². The van der Waals surface area contributed by atoms with Crippen LogP contribution in [0.2, 0.25) is 0 Å². The third-order valence-corrected chi connectivity index (χ3v) is 3.08. The van der Waals surface area contributed by atoms with Crippen LogP contribution >= 0.6 is 0 Å². The molecule has 2 rings (SSSR count). The first-order chi connectivity index (χ1) is 10.1. The molecule has 0 aromatic heterocycles. The third kappa shape index (κ3) is 4.14. The first kappa shape index (κ1) is 18.3. The van der Waals surface area contributed by atoms with Crippen molar-refractivity contribution in [1.82, 2.24) is 4.90 Å². The van der Waals surface area contributed by atoms with Crippen molar-refractivity contribution < 1.29 is 31.1 Å². The van der Waals surface area contributed by atoms with Gasteiger partial charge in [-0.05, 0) is 29.7 Å². The minimum atomic E-state index is -5.01. The van der Waals surface area contributed by atoms with Crippen molar-refractivity contribution in [2.24, 2.45) is 0 Å². The Morgan fingerprint density at radius 2 is 1.64 bits per heavy atom. The van der Waals surface area contributed by atoms with Gasteiger partial charge in [0.05, 0.1) is 5.56 Å². The Morgan fingerprint density at radius 1 is 1.05 bits per heavy atom. The quantitative estimate of drug-likeness (QED) is 0.655. The summed E-state index contributed by atoms with van der Waals surface area (Å²) in [4.78, 5) is 11.6. The lowest BCUT2D eigenvalue weighted by molar-refractivity contribution is -0.186. The molecule has 0 N–H and O–H groups in total. The van der Waals surface area contributed by atoms with Crippen LogP contribution in [0.4, 0.5) is 26.3 Å². The molecule has 22 heavy (non-hydrogen) atoms. The molecule has 1 amide bonds. The number of alkyl halides is 6. The predicted octanol–water partition coefficient (Wildman–Crippen LogP) is 4.18. The van der Waals surface area contributed by atoms with Crippen molar-refractivity contribution in [2.45, 2.75) is 39.2 Å². The van der Waals surface area contributed by atoms with E-state index in [9.17, 15) is 31.1 Å². The molecule has 0 aliphatic carbocycles. The van der Waals surface area contributed by atoms with Gasteiger partial charge in [-0.3, -0.25) is 4.79 Å². The minimum Gasteiger partial charge on any atom is -0.330 e. The van der Waals surface area contributed by atoms with Gasteiger partial charge in [-0.1, -0.05) is 19.9 Å². The van der Waals surface area contributed by atoms with E-state index in [2.05, 4.69) is 0 Å². The fraction of sp³-hybridized carbons (Fsp3) is 0.500. The summed E-state index contributed by atoms with van der Waals surface area (Å²) in [5.74, 6) is -2.03. The van der Waals surface area contributed by atoms with Crippen LogP contribution in [-0.2, 0) is 23.9 Å². The Hall–Kier alpha value is -1.73. The predicted molar refractivity (Wildman–Crippen MR) is 68.0 cm³/mol. The van der Waals surface area contributed by atoms with Crippen molar-refractivity contribution in [3.8, 4) is 0 Å². The molecule has 0 saturated carbocycles. The second kappa shape index (κ2) is 6.58. The summed E-state index contributed by atoms with van der Waals surface area (Å²) in [7, 11) is 0. The molecule has 0 atom stereocenters. The van der Waals surface area contributed by atoms with Crippen LogP contribution in [0.1, 0.15) is 30.5 Å². The Kier molecular flexibility index (Phi) is 5.48. The number of rotatable bonds is 0. The molecule has 0 fully saturated rings. The zero-order valence-corrected chi connectivity index (χ0v) is 12.0. The molecule has 0 spiro atoms. The fourth-order valence-electron chi connectivity index (χ4n) is 2.09. The van der Waals surface area contributed by atoms with E-state index in [-0.39, 0.29) is 18.5 Å². The van der Waals surface area contributed by atoms with Crippen molar-refractivity contribution in [3.63, 3.8) is 0 Å². The van der Waals surface area contributed by atoms with E-state index in [0.717, 1.165) is 12.1 Å². The van der Waals surface area contributed by atoms with Crippen LogP contribution in [0.3, 0.4) is 0 Å². The minimum absolute atomic E-state index is 0.101. The van der Waals surface area contributed by atoms with Gasteiger partial charge in [0.15, 0.2) is 0 Å². The van der Waals surface area contributed by atoms with Gasteiger partial charge in [0.1, 0.15) is 0 Å². The molecule has 1 heterocycles. The third-order valence-electron chi connectivity index (χ3n) is 3.08. The molecule has 0 unspecified atom stereocenters. The zero-order chi connectivity index (χ0) is 17.1. The second-order valence-electron chi connectivity index (χ2n) is 4.46. The van der Waals surface area contributed by atoms with Crippen LogP contribution in [0.15, 0.2) is 18.2 Å². The number of hydrogen-bond acceptors (Lipinski definition) is 1. The van der Waals surface area contributed by atoms with E-state index in [4.69, 9.17) is 0 Å². The van der Waals surface area contributed by atoms with Gasteiger partial charge in [0.2, 0.25) is 0 Å².